The smallest absolute Gasteiger partial charge is 0.408 e. The van der Waals surface area contributed by atoms with E-state index in [9.17, 15) is 4.79 Å². The second-order valence-electron chi connectivity index (χ2n) is 5.46. The van der Waals surface area contributed by atoms with E-state index in [0.29, 0.717) is 0 Å². The molecule has 1 N–H and O–H groups in total. The first-order valence-corrected chi connectivity index (χ1v) is 5.54. The van der Waals surface area contributed by atoms with E-state index in [2.05, 4.69) is 5.32 Å². The van der Waals surface area contributed by atoms with Crippen LogP contribution in [0, 0.1) is 0 Å². The van der Waals surface area contributed by atoms with Crippen LogP contribution in [0.1, 0.15) is 40.0 Å². The van der Waals surface area contributed by atoms with Crippen LogP contribution >= 0.6 is 0 Å². The molecule has 0 radical (unpaired) electrons. The third-order valence-corrected chi connectivity index (χ3v) is 2.95. The van der Waals surface area contributed by atoms with Crippen molar-refractivity contribution in [1.29, 1.82) is 0 Å². The first-order valence-electron chi connectivity index (χ1n) is 5.54. The maximum Gasteiger partial charge on any atom is 0.408 e. The molecule has 4 heteroatoms. The third-order valence-electron chi connectivity index (χ3n) is 2.95. The fraction of sp³-hybridized carbons (Fsp3) is 0.909. The molecule has 1 aliphatic carbocycles. The van der Waals surface area contributed by atoms with Crippen LogP contribution in [-0.2, 0) is 9.47 Å². The van der Waals surface area contributed by atoms with Crippen LogP contribution in [0.2, 0.25) is 0 Å². The van der Waals surface area contributed by atoms with Gasteiger partial charge in [0.1, 0.15) is 11.7 Å². The molecule has 1 saturated carbocycles. The zero-order valence-corrected chi connectivity index (χ0v) is 9.63. The van der Waals surface area contributed by atoms with Gasteiger partial charge in [0, 0.05) is 0 Å². The van der Waals surface area contributed by atoms with Gasteiger partial charge in [0.25, 0.3) is 0 Å². The summed E-state index contributed by atoms with van der Waals surface area (Å²) >= 11 is 0. The van der Waals surface area contributed by atoms with E-state index in [-0.39, 0.29) is 17.7 Å². The molecule has 1 atom stereocenters. The number of alkyl carbamates (subject to hydrolysis) is 1. The molecule has 0 aromatic heterocycles. The molecule has 4 nitrogen and oxygen atoms in total. The molecular weight excluding hydrogens is 194 g/mol. The molecule has 0 bridgehead atoms. The Balaban J connectivity index is 1.87. The summed E-state index contributed by atoms with van der Waals surface area (Å²) in [5.74, 6) is 0. The number of nitrogens with one attached hydrogen (secondary N) is 1. The summed E-state index contributed by atoms with van der Waals surface area (Å²) in [6.07, 6.45) is 3.08. The Kier molecular flexibility index (Phi) is 2.41. The second kappa shape index (κ2) is 3.37. The Bertz CT molecular complexity index is 261. The molecule has 1 amide bonds. The molecule has 2 aliphatic rings. The lowest BCUT2D eigenvalue weighted by Crippen LogP contribution is -2.58. The number of amides is 1. The van der Waals surface area contributed by atoms with Gasteiger partial charge in [-0.2, -0.15) is 0 Å². The fourth-order valence-corrected chi connectivity index (χ4v) is 1.96. The molecule has 1 saturated heterocycles. The van der Waals surface area contributed by atoms with Gasteiger partial charge in [-0.3, -0.25) is 0 Å². The highest BCUT2D eigenvalue weighted by atomic mass is 16.6. The largest absolute Gasteiger partial charge is 0.444 e. The van der Waals surface area contributed by atoms with Gasteiger partial charge in [-0.15, -0.1) is 0 Å². The average molecular weight is 213 g/mol. The third kappa shape index (κ3) is 2.43. The monoisotopic (exact) mass is 213 g/mol. The molecule has 15 heavy (non-hydrogen) atoms. The van der Waals surface area contributed by atoms with Gasteiger partial charge in [-0.05, 0) is 40.0 Å². The van der Waals surface area contributed by atoms with Crippen molar-refractivity contribution < 1.29 is 14.3 Å². The normalized spacial score (nSPS) is 27.8. The van der Waals surface area contributed by atoms with Crippen LogP contribution in [0.25, 0.3) is 0 Å². The van der Waals surface area contributed by atoms with E-state index in [1.54, 1.807) is 0 Å². The highest BCUT2D eigenvalue weighted by Gasteiger charge is 2.52. The topological polar surface area (TPSA) is 50.9 Å². The van der Waals surface area contributed by atoms with Crippen molar-refractivity contribution in [2.45, 2.75) is 57.3 Å². The predicted molar refractivity (Wildman–Crippen MR) is 55.7 cm³/mol. The summed E-state index contributed by atoms with van der Waals surface area (Å²) in [4.78, 5) is 11.6. The van der Waals surface area contributed by atoms with Crippen molar-refractivity contribution in [3.63, 3.8) is 0 Å². The first kappa shape index (κ1) is 10.7. The number of carbonyl (C=O) groups excluding carboxylic acids is 1. The molecule has 1 unspecified atom stereocenters. The number of ether oxygens (including phenoxy) is 2. The van der Waals surface area contributed by atoms with E-state index >= 15 is 0 Å². The highest BCUT2D eigenvalue weighted by Crippen LogP contribution is 2.41. The lowest BCUT2D eigenvalue weighted by atomic mass is 9.74. The van der Waals surface area contributed by atoms with E-state index in [1.807, 2.05) is 20.8 Å². The molecule has 2 fully saturated rings. The lowest BCUT2D eigenvalue weighted by Gasteiger charge is -2.41. The Hall–Kier alpha value is -0.770. The summed E-state index contributed by atoms with van der Waals surface area (Å²) in [7, 11) is 0. The van der Waals surface area contributed by atoms with Crippen molar-refractivity contribution in [3.05, 3.63) is 0 Å². The number of hydrogen-bond donors (Lipinski definition) is 1. The zero-order chi connectivity index (χ0) is 11.1. The number of epoxide rings is 1. The van der Waals surface area contributed by atoms with Crippen molar-refractivity contribution in [3.8, 4) is 0 Å². The molecule has 0 aromatic rings. The van der Waals surface area contributed by atoms with Gasteiger partial charge in [0.05, 0.1) is 12.1 Å². The van der Waals surface area contributed by atoms with Crippen molar-refractivity contribution >= 4 is 6.09 Å². The SMILES string of the molecule is CC(C)(C)OC(=O)NC1(C2CO2)CCC1. The molecular formula is C11H19NO3. The maximum absolute atomic E-state index is 11.6. The van der Waals surface area contributed by atoms with Crippen molar-refractivity contribution in [2.75, 3.05) is 6.61 Å². The Morgan fingerprint density at radius 2 is 2.07 bits per heavy atom. The predicted octanol–water partition coefficient (Wildman–Crippen LogP) is 1.83. The van der Waals surface area contributed by atoms with Crippen molar-refractivity contribution in [1.82, 2.24) is 5.32 Å². The van der Waals surface area contributed by atoms with Gasteiger partial charge >= 0.3 is 6.09 Å². The Morgan fingerprint density at radius 3 is 2.40 bits per heavy atom. The molecule has 1 aliphatic heterocycles. The van der Waals surface area contributed by atoms with Crippen LogP contribution in [0.3, 0.4) is 0 Å². The van der Waals surface area contributed by atoms with Gasteiger partial charge in [-0.25, -0.2) is 4.79 Å². The highest BCUT2D eigenvalue weighted by molar-refractivity contribution is 5.69. The summed E-state index contributed by atoms with van der Waals surface area (Å²) in [6, 6.07) is 0. The van der Waals surface area contributed by atoms with Crippen LogP contribution in [0.4, 0.5) is 4.79 Å². The minimum Gasteiger partial charge on any atom is -0.444 e. The van der Waals surface area contributed by atoms with Gasteiger partial charge < -0.3 is 14.8 Å². The second-order valence-corrected chi connectivity index (χ2v) is 5.46. The summed E-state index contributed by atoms with van der Waals surface area (Å²) in [5, 5.41) is 2.96. The van der Waals surface area contributed by atoms with Gasteiger partial charge in [0.2, 0.25) is 0 Å². The van der Waals surface area contributed by atoms with Crippen LogP contribution in [0.15, 0.2) is 0 Å². The van der Waals surface area contributed by atoms with E-state index < -0.39 is 5.60 Å². The molecule has 86 valence electrons. The Morgan fingerprint density at radius 1 is 1.47 bits per heavy atom. The standard InChI is InChI=1S/C11H19NO3/c1-10(2,3)15-9(13)12-11(5-4-6-11)8-7-14-8/h8H,4-7H2,1-3H3,(H,12,13). The van der Waals surface area contributed by atoms with E-state index in [4.69, 9.17) is 9.47 Å². The van der Waals surface area contributed by atoms with E-state index in [0.717, 1.165) is 25.9 Å². The molecule has 0 spiro atoms. The Labute approximate surface area is 90.3 Å². The van der Waals surface area contributed by atoms with E-state index in [1.165, 1.54) is 0 Å². The van der Waals surface area contributed by atoms with Crippen molar-refractivity contribution in [2.24, 2.45) is 0 Å². The first-order chi connectivity index (χ1) is 6.91. The molecule has 2 rings (SSSR count). The minimum atomic E-state index is -0.431. The number of hydrogen-bond acceptors (Lipinski definition) is 3. The molecule has 0 aromatic carbocycles. The molecule has 1 heterocycles. The summed E-state index contributed by atoms with van der Waals surface area (Å²) in [5.41, 5.74) is -0.554. The maximum atomic E-state index is 11.6. The lowest BCUT2D eigenvalue weighted by molar-refractivity contribution is 0.0336. The summed E-state index contributed by atoms with van der Waals surface area (Å²) < 4.78 is 10.5. The summed E-state index contributed by atoms with van der Waals surface area (Å²) in [6.45, 7) is 6.38. The number of rotatable bonds is 2. The van der Waals surface area contributed by atoms with Crippen LogP contribution < -0.4 is 5.32 Å². The van der Waals surface area contributed by atoms with Gasteiger partial charge in [0.15, 0.2) is 0 Å². The van der Waals surface area contributed by atoms with Crippen LogP contribution in [0.5, 0.6) is 0 Å². The zero-order valence-electron chi connectivity index (χ0n) is 9.63. The van der Waals surface area contributed by atoms with Crippen LogP contribution in [-0.4, -0.2) is 29.9 Å². The number of carbonyl (C=O) groups is 1. The quantitative estimate of drug-likeness (QED) is 0.712. The average Bonchev–Trinajstić information content (AvgIpc) is 2.75. The fourth-order valence-electron chi connectivity index (χ4n) is 1.96. The minimum absolute atomic E-state index is 0.123. The van der Waals surface area contributed by atoms with Gasteiger partial charge in [-0.1, -0.05) is 0 Å².